The molecule has 1 unspecified atom stereocenters. The molecule has 2 atom stereocenters. The second-order valence-electron chi connectivity index (χ2n) is 10.4. The zero-order valence-electron chi connectivity index (χ0n) is 23.5. The van der Waals surface area contributed by atoms with Crippen LogP contribution in [-0.2, 0) is 11.8 Å². The number of ether oxygens (including phenoxy) is 1. The van der Waals surface area contributed by atoms with Crippen molar-refractivity contribution in [2.45, 2.75) is 39.3 Å². The molecule has 5 heterocycles. The van der Waals surface area contributed by atoms with Crippen molar-refractivity contribution in [1.82, 2.24) is 34.6 Å². The number of anilines is 3. The molecule has 0 spiro atoms. The van der Waals surface area contributed by atoms with Crippen LogP contribution in [0.25, 0.3) is 22.2 Å². The molecule has 6 rings (SSSR count). The van der Waals surface area contributed by atoms with E-state index in [1.807, 2.05) is 70.4 Å². The van der Waals surface area contributed by atoms with Crippen LogP contribution >= 0.6 is 0 Å². The summed E-state index contributed by atoms with van der Waals surface area (Å²) in [6, 6.07) is 11.2. The highest BCUT2D eigenvalue weighted by Crippen LogP contribution is 2.33. The molecule has 1 fully saturated rings. The van der Waals surface area contributed by atoms with Crippen LogP contribution < -0.4 is 15.4 Å². The van der Waals surface area contributed by atoms with Gasteiger partial charge in [0.25, 0.3) is 0 Å². The van der Waals surface area contributed by atoms with Gasteiger partial charge in [0.2, 0.25) is 11.9 Å². The lowest BCUT2D eigenvalue weighted by atomic mass is 10.1. The number of rotatable bonds is 8. The van der Waals surface area contributed by atoms with E-state index in [4.69, 9.17) is 9.72 Å². The zero-order valence-corrected chi connectivity index (χ0v) is 23.5. The van der Waals surface area contributed by atoms with Crippen molar-refractivity contribution in [3.63, 3.8) is 0 Å². The third-order valence-electron chi connectivity index (χ3n) is 7.61. The smallest absolute Gasteiger partial charge is 0.241 e. The first-order valence-electron chi connectivity index (χ1n) is 13.7. The number of aromatic amines is 1. The van der Waals surface area contributed by atoms with E-state index in [0.717, 1.165) is 57.8 Å². The number of likely N-dealkylation sites (tertiary alicyclic amines) is 1. The topological polar surface area (TPSA) is 126 Å². The number of carbonyl (C=O) groups is 1. The van der Waals surface area contributed by atoms with E-state index in [9.17, 15) is 4.79 Å². The molecule has 1 saturated heterocycles. The highest BCUT2D eigenvalue weighted by molar-refractivity contribution is 6.06. The summed E-state index contributed by atoms with van der Waals surface area (Å²) < 4.78 is 7.87. The monoisotopic (exact) mass is 551 g/mol. The molecule has 5 aromatic rings. The molecule has 1 aliphatic rings. The van der Waals surface area contributed by atoms with Gasteiger partial charge in [0.05, 0.1) is 22.9 Å². The van der Waals surface area contributed by atoms with E-state index < -0.39 is 0 Å². The van der Waals surface area contributed by atoms with E-state index in [0.29, 0.717) is 18.3 Å². The molecule has 0 radical (unpaired) electrons. The summed E-state index contributed by atoms with van der Waals surface area (Å²) in [6.07, 6.45) is 8.07. The molecule has 1 aliphatic heterocycles. The minimum atomic E-state index is -0.307. The van der Waals surface area contributed by atoms with Crippen molar-refractivity contribution in [3.05, 3.63) is 72.4 Å². The molecule has 1 amide bonds. The molecule has 3 N–H and O–H groups in total. The molecular formula is C30H33N9O2. The number of carbonyl (C=O) groups excluding carboxylic acids is 1. The maximum Gasteiger partial charge on any atom is 0.241 e. The number of H-pyrrole nitrogens is 1. The van der Waals surface area contributed by atoms with Gasteiger partial charge in [-0.3, -0.25) is 19.4 Å². The number of hydrogen-bond acceptors (Lipinski definition) is 8. The number of aromatic nitrogens is 6. The van der Waals surface area contributed by atoms with Crippen molar-refractivity contribution in [2.75, 3.05) is 23.7 Å². The Morgan fingerprint density at radius 2 is 2.02 bits per heavy atom. The minimum Gasteiger partial charge on any atom is -0.489 e. The Balaban J connectivity index is 1.18. The number of nitrogens with one attached hydrogen (secondary N) is 3. The lowest BCUT2D eigenvalue weighted by molar-refractivity contribution is -0.120. The normalized spacial score (nSPS) is 16.1. The van der Waals surface area contributed by atoms with Gasteiger partial charge in [-0.15, -0.1) is 0 Å². The van der Waals surface area contributed by atoms with E-state index >= 15 is 0 Å². The third-order valence-corrected chi connectivity index (χ3v) is 7.61. The Labute approximate surface area is 238 Å². The SMILES string of the molecule is Cc1cnc(Nc2cc(C)n(C)n2)nc1-c1c[nH]c2c(NC(=O)C(C)N3CC[C@H](Oc4ccncc4)C3)cccc12. The number of nitrogens with zero attached hydrogens (tertiary/aromatic N) is 6. The number of pyridine rings is 1. The van der Waals surface area contributed by atoms with Crippen molar-refractivity contribution < 1.29 is 9.53 Å². The van der Waals surface area contributed by atoms with Gasteiger partial charge < -0.3 is 20.4 Å². The first-order chi connectivity index (χ1) is 19.9. The minimum absolute atomic E-state index is 0.0409. The van der Waals surface area contributed by atoms with Gasteiger partial charge in [-0.1, -0.05) is 12.1 Å². The van der Waals surface area contributed by atoms with Crippen molar-refractivity contribution in [3.8, 4) is 17.0 Å². The van der Waals surface area contributed by atoms with Crippen molar-refractivity contribution in [1.29, 1.82) is 0 Å². The molecule has 1 aromatic carbocycles. The van der Waals surface area contributed by atoms with Gasteiger partial charge in [-0.05, 0) is 51.0 Å². The number of fused-ring (bicyclic) bond motifs is 1. The lowest BCUT2D eigenvalue weighted by Crippen LogP contribution is -2.41. The Morgan fingerprint density at radius 1 is 1.20 bits per heavy atom. The number of hydrogen-bond donors (Lipinski definition) is 3. The fourth-order valence-electron chi connectivity index (χ4n) is 5.18. The molecule has 4 aromatic heterocycles. The molecule has 11 nitrogen and oxygen atoms in total. The van der Waals surface area contributed by atoms with Crippen LogP contribution in [0.5, 0.6) is 5.75 Å². The molecule has 0 aliphatic carbocycles. The van der Waals surface area contributed by atoms with Crippen molar-refractivity contribution >= 4 is 34.3 Å². The van der Waals surface area contributed by atoms with Crippen LogP contribution in [0.2, 0.25) is 0 Å². The van der Waals surface area contributed by atoms with Crippen LogP contribution in [-0.4, -0.2) is 65.8 Å². The number of benzene rings is 1. The van der Waals surface area contributed by atoms with Crippen LogP contribution in [0.4, 0.5) is 17.5 Å². The number of para-hydroxylation sites is 1. The van der Waals surface area contributed by atoms with Crippen LogP contribution in [0.1, 0.15) is 24.6 Å². The summed E-state index contributed by atoms with van der Waals surface area (Å²) in [5.41, 5.74) is 5.27. The summed E-state index contributed by atoms with van der Waals surface area (Å²) >= 11 is 0. The Kier molecular flexibility index (Phi) is 7.10. The predicted molar refractivity (Wildman–Crippen MR) is 158 cm³/mol. The van der Waals surface area contributed by atoms with E-state index in [2.05, 4.69) is 35.6 Å². The highest BCUT2D eigenvalue weighted by atomic mass is 16.5. The molecule has 210 valence electrons. The fourth-order valence-corrected chi connectivity index (χ4v) is 5.18. The van der Waals surface area contributed by atoms with Crippen LogP contribution in [0.15, 0.2) is 61.2 Å². The summed E-state index contributed by atoms with van der Waals surface area (Å²) in [4.78, 5) is 32.1. The first kappa shape index (κ1) is 26.5. The van der Waals surface area contributed by atoms with Gasteiger partial charge in [0.15, 0.2) is 5.82 Å². The summed E-state index contributed by atoms with van der Waals surface area (Å²) in [5, 5.41) is 11.7. The summed E-state index contributed by atoms with van der Waals surface area (Å²) in [6.45, 7) is 7.39. The lowest BCUT2D eigenvalue weighted by Gasteiger charge is -2.23. The first-order valence-corrected chi connectivity index (χ1v) is 13.7. The highest BCUT2D eigenvalue weighted by Gasteiger charge is 2.31. The molecule has 0 saturated carbocycles. The van der Waals surface area contributed by atoms with Crippen LogP contribution in [0, 0.1) is 13.8 Å². The average molecular weight is 552 g/mol. The summed E-state index contributed by atoms with van der Waals surface area (Å²) in [7, 11) is 1.89. The van der Waals surface area contributed by atoms with Crippen molar-refractivity contribution in [2.24, 2.45) is 7.05 Å². The fraction of sp³-hybridized carbons (Fsp3) is 0.300. The predicted octanol–water partition coefficient (Wildman–Crippen LogP) is 4.59. The second kappa shape index (κ2) is 11.0. The second-order valence-corrected chi connectivity index (χ2v) is 10.4. The molecule has 0 bridgehead atoms. The van der Waals surface area contributed by atoms with E-state index in [1.165, 1.54) is 0 Å². The summed E-state index contributed by atoms with van der Waals surface area (Å²) in [5.74, 6) is 1.89. The third kappa shape index (κ3) is 5.48. The zero-order chi connectivity index (χ0) is 28.5. The number of amides is 1. The Bertz CT molecular complexity index is 1680. The maximum absolute atomic E-state index is 13.3. The van der Waals surface area contributed by atoms with Gasteiger partial charge in [0.1, 0.15) is 11.9 Å². The van der Waals surface area contributed by atoms with Gasteiger partial charge in [-0.2, -0.15) is 5.10 Å². The Hall–Kier alpha value is -4.77. The maximum atomic E-state index is 13.3. The van der Waals surface area contributed by atoms with E-state index in [1.54, 1.807) is 23.3 Å². The number of aryl methyl sites for hydroxylation is 3. The largest absolute Gasteiger partial charge is 0.489 e. The molecular weight excluding hydrogens is 518 g/mol. The van der Waals surface area contributed by atoms with Gasteiger partial charge in [-0.25, -0.2) is 9.97 Å². The quantitative estimate of drug-likeness (QED) is 0.256. The Morgan fingerprint density at radius 3 is 2.80 bits per heavy atom. The van der Waals surface area contributed by atoms with Gasteiger partial charge >= 0.3 is 0 Å². The molecule has 41 heavy (non-hydrogen) atoms. The average Bonchev–Trinajstić information content (AvgIpc) is 3.69. The standard InChI is InChI=1S/C30H33N9O2/c1-18-15-33-30(35-26-14-19(2)38(4)37-26)36-27(18)24-16-32-28-23(24)6-5-7-25(28)34-29(40)20(3)39-13-10-22(17-39)41-21-8-11-31-12-9-21/h5-9,11-12,14-16,20,22,32H,10,13,17H2,1-4H3,(H,34,40)(H,33,35,36,37)/t20?,22-/m0/s1. The molecule has 11 heteroatoms. The van der Waals surface area contributed by atoms with E-state index in [-0.39, 0.29) is 18.1 Å². The van der Waals surface area contributed by atoms with Gasteiger partial charge in [0, 0.05) is 67.6 Å². The van der Waals surface area contributed by atoms with Crippen LogP contribution in [0.3, 0.4) is 0 Å².